The first kappa shape index (κ1) is 7.78. The number of aryl methyl sites for hydroxylation is 1. The van der Waals surface area contributed by atoms with Gasteiger partial charge in [0, 0.05) is 12.4 Å². The van der Waals surface area contributed by atoms with E-state index in [9.17, 15) is 0 Å². The Hall–Kier alpha value is -0.850. The molecule has 0 saturated carbocycles. The summed E-state index contributed by atoms with van der Waals surface area (Å²) in [6, 6.07) is 2.17. The first-order valence-electron chi connectivity index (χ1n) is 4.78. The molecule has 0 bridgehead atoms. The van der Waals surface area contributed by atoms with Crippen molar-refractivity contribution in [2.45, 2.75) is 32.6 Å². The van der Waals surface area contributed by atoms with E-state index in [-0.39, 0.29) is 0 Å². The van der Waals surface area contributed by atoms with Gasteiger partial charge in [0.1, 0.15) is 0 Å². The Morgan fingerprint density at radius 3 is 3.25 bits per heavy atom. The van der Waals surface area contributed by atoms with Crippen molar-refractivity contribution in [3.8, 4) is 0 Å². The van der Waals surface area contributed by atoms with Crippen molar-refractivity contribution in [3.63, 3.8) is 0 Å². The Kier molecular flexibility index (Phi) is 2.11. The fraction of sp³-hybridized carbons (Fsp3) is 0.545. The maximum Gasteiger partial charge on any atom is 0.0302 e. The zero-order chi connectivity index (χ0) is 8.39. The van der Waals surface area contributed by atoms with Gasteiger partial charge in [-0.25, -0.2) is 0 Å². The Labute approximate surface area is 73.8 Å². The monoisotopic (exact) mass is 161 g/mol. The molecule has 1 heteroatoms. The van der Waals surface area contributed by atoms with Gasteiger partial charge >= 0.3 is 0 Å². The Morgan fingerprint density at radius 1 is 1.42 bits per heavy atom. The molecule has 0 aliphatic heterocycles. The normalized spacial score (nSPS) is 22.9. The van der Waals surface area contributed by atoms with Gasteiger partial charge < -0.3 is 0 Å². The summed E-state index contributed by atoms with van der Waals surface area (Å²) in [6.45, 7) is 2.34. The van der Waals surface area contributed by atoms with E-state index in [0.717, 1.165) is 5.92 Å². The zero-order valence-corrected chi connectivity index (χ0v) is 7.59. The molecule has 1 aromatic rings. The lowest BCUT2D eigenvalue weighted by molar-refractivity contribution is 0.526. The van der Waals surface area contributed by atoms with E-state index in [1.807, 2.05) is 12.4 Å². The van der Waals surface area contributed by atoms with Gasteiger partial charge in [-0.3, -0.25) is 4.98 Å². The highest BCUT2D eigenvalue weighted by atomic mass is 14.6. The van der Waals surface area contributed by atoms with Gasteiger partial charge in [0.05, 0.1) is 0 Å². The van der Waals surface area contributed by atoms with E-state index >= 15 is 0 Å². The summed E-state index contributed by atoms with van der Waals surface area (Å²) in [5.74, 6) is 0.843. The molecule has 0 aromatic carbocycles. The predicted octanol–water partition coefficient (Wildman–Crippen LogP) is 2.60. The number of hydrogen-bond acceptors (Lipinski definition) is 1. The maximum atomic E-state index is 4.17. The molecule has 12 heavy (non-hydrogen) atoms. The average Bonchev–Trinajstić information content (AvgIpc) is 2.25. The Morgan fingerprint density at radius 2 is 2.33 bits per heavy atom. The van der Waals surface area contributed by atoms with Crippen molar-refractivity contribution in [2.75, 3.05) is 0 Å². The zero-order valence-electron chi connectivity index (χ0n) is 7.59. The Bertz CT molecular complexity index is 267. The standard InChI is InChI=1S/C11H15N/c1-9-3-2-4-10-5-6-12-8-11(10)7-9/h5-6,8-9H,2-4,7H2,1H3. The summed E-state index contributed by atoms with van der Waals surface area (Å²) >= 11 is 0. The van der Waals surface area contributed by atoms with Crippen LogP contribution in [0.5, 0.6) is 0 Å². The third kappa shape index (κ3) is 1.50. The van der Waals surface area contributed by atoms with Gasteiger partial charge in [0.15, 0.2) is 0 Å². The highest BCUT2D eigenvalue weighted by Crippen LogP contribution is 2.22. The summed E-state index contributed by atoms with van der Waals surface area (Å²) in [4.78, 5) is 4.17. The highest BCUT2D eigenvalue weighted by molar-refractivity contribution is 5.24. The number of nitrogens with zero attached hydrogens (tertiary/aromatic N) is 1. The summed E-state index contributed by atoms with van der Waals surface area (Å²) < 4.78 is 0. The van der Waals surface area contributed by atoms with Gasteiger partial charge in [0.25, 0.3) is 0 Å². The molecule has 0 fully saturated rings. The summed E-state index contributed by atoms with van der Waals surface area (Å²) in [5.41, 5.74) is 3.00. The highest BCUT2D eigenvalue weighted by Gasteiger charge is 2.12. The van der Waals surface area contributed by atoms with Crippen LogP contribution in [0.15, 0.2) is 18.5 Å². The van der Waals surface area contributed by atoms with Crippen LogP contribution in [-0.2, 0) is 12.8 Å². The Balaban J connectivity index is 2.31. The van der Waals surface area contributed by atoms with E-state index in [2.05, 4.69) is 18.0 Å². The molecule has 1 nitrogen and oxygen atoms in total. The van der Waals surface area contributed by atoms with Crippen molar-refractivity contribution in [1.82, 2.24) is 4.98 Å². The number of aromatic nitrogens is 1. The molecule has 2 rings (SSSR count). The SMILES string of the molecule is CC1CCCc2ccncc2C1. The largest absolute Gasteiger partial charge is 0.264 e. The molecule has 0 saturated heterocycles. The van der Waals surface area contributed by atoms with Crippen LogP contribution < -0.4 is 0 Å². The minimum absolute atomic E-state index is 0.843. The molecule has 0 N–H and O–H groups in total. The average molecular weight is 161 g/mol. The van der Waals surface area contributed by atoms with Crippen LogP contribution in [0.2, 0.25) is 0 Å². The second-order valence-electron chi connectivity index (χ2n) is 3.85. The maximum absolute atomic E-state index is 4.17. The van der Waals surface area contributed by atoms with Gasteiger partial charge in [-0.1, -0.05) is 13.3 Å². The van der Waals surface area contributed by atoms with E-state index in [1.54, 1.807) is 0 Å². The fourth-order valence-electron chi connectivity index (χ4n) is 2.00. The van der Waals surface area contributed by atoms with E-state index in [4.69, 9.17) is 0 Å². The molecular weight excluding hydrogens is 146 g/mol. The third-order valence-corrected chi connectivity index (χ3v) is 2.72. The predicted molar refractivity (Wildman–Crippen MR) is 50.0 cm³/mol. The van der Waals surface area contributed by atoms with Crippen LogP contribution in [0, 0.1) is 5.92 Å². The quantitative estimate of drug-likeness (QED) is 0.533. The van der Waals surface area contributed by atoms with Crippen molar-refractivity contribution in [1.29, 1.82) is 0 Å². The first-order valence-corrected chi connectivity index (χ1v) is 4.78. The number of pyridine rings is 1. The molecule has 64 valence electrons. The second-order valence-corrected chi connectivity index (χ2v) is 3.85. The number of fused-ring (bicyclic) bond motifs is 1. The van der Waals surface area contributed by atoms with Crippen LogP contribution in [0.1, 0.15) is 30.9 Å². The van der Waals surface area contributed by atoms with E-state index in [1.165, 1.54) is 36.8 Å². The van der Waals surface area contributed by atoms with Crippen LogP contribution in [0.3, 0.4) is 0 Å². The van der Waals surface area contributed by atoms with Gasteiger partial charge in [-0.15, -0.1) is 0 Å². The minimum Gasteiger partial charge on any atom is -0.264 e. The van der Waals surface area contributed by atoms with Gasteiger partial charge in [-0.2, -0.15) is 0 Å². The van der Waals surface area contributed by atoms with Crippen LogP contribution >= 0.6 is 0 Å². The lowest BCUT2D eigenvalue weighted by Crippen LogP contribution is -1.97. The lowest BCUT2D eigenvalue weighted by Gasteiger charge is -2.06. The molecule has 1 aliphatic carbocycles. The number of rotatable bonds is 0. The molecule has 0 amide bonds. The van der Waals surface area contributed by atoms with Gasteiger partial charge in [-0.05, 0) is 42.4 Å². The third-order valence-electron chi connectivity index (χ3n) is 2.72. The van der Waals surface area contributed by atoms with Crippen molar-refractivity contribution in [3.05, 3.63) is 29.6 Å². The molecule has 1 heterocycles. The second kappa shape index (κ2) is 3.26. The van der Waals surface area contributed by atoms with Crippen LogP contribution in [-0.4, -0.2) is 4.98 Å². The molecular formula is C11H15N. The molecule has 1 aliphatic rings. The summed E-state index contributed by atoms with van der Waals surface area (Å²) in [5, 5.41) is 0. The van der Waals surface area contributed by atoms with Crippen molar-refractivity contribution < 1.29 is 0 Å². The lowest BCUT2D eigenvalue weighted by atomic mass is 10.0. The first-order chi connectivity index (χ1) is 5.86. The minimum atomic E-state index is 0.843. The van der Waals surface area contributed by atoms with Crippen LogP contribution in [0.4, 0.5) is 0 Å². The molecule has 1 aromatic heterocycles. The topological polar surface area (TPSA) is 12.9 Å². The van der Waals surface area contributed by atoms with E-state index in [0.29, 0.717) is 0 Å². The van der Waals surface area contributed by atoms with Crippen molar-refractivity contribution >= 4 is 0 Å². The summed E-state index contributed by atoms with van der Waals surface area (Å²) in [6.07, 6.45) is 9.14. The summed E-state index contributed by atoms with van der Waals surface area (Å²) in [7, 11) is 0. The smallest absolute Gasteiger partial charge is 0.0302 e. The van der Waals surface area contributed by atoms with E-state index < -0.39 is 0 Å². The fourth-order valence-corrected chi connectivity index (χ4v) is 2.00. The van der Waals surface area contributed by atoms with Crippen molar-refractivity contribution in [2.24, 2.45) is 5.92 Å². The van der Waals surface area contributed by atoms with Crippen LogP contribution in [0.25, 0.3) is 0 Å². The molecule has 1 atom stereocenters. The molecule has 0 radical (unpaired) electrons. The van der Waals surface area contributed by atoms with Gasteiger partial charge in [0.2, 0.25) is 0 Å². The number of hydrogen-bond donors (Lipinski definition) is 0. The molecule has 0 spiro atoms. The molecule has 1 unspecified atom stereocenters.